The second-order valence-electron chi connectivity index (χ2n) is 6.13. The van der Waals surface area contributed by atoms with E-state index in [2.05, 4.69) is 4.85 Å². The number of hydrogen-bond acceptors (Lipinski definition) is 3. The molecule has 1 fully saturated rings. The van der Waals surface area contributed by atoms with E-state index in [1.807, 2.05) is 42.5 Å². The number of ether oxygens (including phenoxy) is 1. The Kier molecular flexibility index (Phi) is 5.32. The molecule has 0 bridgehead atoms. The van der Waals surface area contributed by atoms with Crippen molar-refractivity contribution in [3.8, 4) is 0 Å². The highest BCUT2D eigenvalue weighted by Gasteiger charge is 2.32. The van der Waals surface area contributed by atoms with Gasteiger partial charge in [0.15, 0.2) is 5.69 Å². The van der Waals surface area contributed by atoms with E-state index in [4.69, 9.17) is 11.3 Å². The van der Waals surface area contributed by atoms with E-state index in [1.54, 1.807) is 17.0 Å². The van der Waals surface area contributed by atoms with Gasteiger partial charge >= 0.3 is 6.09 Å². The summed E-state index contributed by atoms with van der Waals surface area (Å²) in [4.78, 5) is 17.6. The number of nitrogens with zero attached hydrogens (tertiary/aromatic N) is 2. The predicted molar refractivity (Wildman–Crippen MR) is 94.0 cm³/mol. The molecule has 3 rings (SSSR count). The number of amides is 1. The van der Waals surface area contributed by atoms with Crippen LogP contribution in [0, 0.1) is 6.57 Å². The van der Waals surface area contributed by atoms with Crippen molar-refractivity contribution in [2.24, 2.45) is 0 Å². The highest BCUT2D eigenvalue weighted by atomic mass is 16.6. The van der Waals surface area contributed by atoms with Crippen molar-refractivity contribution in [3.05, 3.63) is 77.1 Å². The quantitative estimate of drug-likeness (QED) is 0.860. The normalized spacial score (nSPS) is 19.9. The molecule has 0 saturated carbocycles. The van der Waals surface area contributed by atoms with Crippen LogP contribution in [0.1, 0.15) is 30.0 Å². The van der Waals surface area contributed by atoms with E-state index < -0.39 is 6.10 Å². The van der Waals surface area contributed by atoms with Crippen LogP contribution >= 0.6 is 0 Å². The van der Waals surface area contributed by atoms with E-state index in [0.717, 1.165) is 11.1 Å². The molecule has 1 aliphatic heterocycles. The summed E-state index contributed by atoms with van der Waals surface area (Å²) >= 11 is 0. The number of hydrogen-bond donors (Lipinski definition) is 1. The van der Waals surface area contributed by atoms with E-state index in [9.17, 15) is 9.90 Å². The Bertz CT molecular complexity index is 753. The number of aliphatic hydroxyl groups excluding tert-OH is 1. The fourth-order valence-corrected chi connectivity index (χ4v) is 3.05. The minimum atomic E-state index is -0.441. The van der Waals surface area contributed by atoms with Crippen LogP contribution in [0.5, 0.6) is 0 Å². The molecular formula is C20H20N2O3. The molecule has 5 nitrogen and oxygen atoms in total. The first-order chi connectivity index (χ1) is 12.2. The molecule has 25 heavy (non-hydrogen) atoms. The Balaban J connectivity index is 1.72. The molecular weight excluding hydrogens is 316 g/mol. The second kappa shape index (κ2) is 7.82. The number of carbonyl (C=O) groups is 1. The zero-order valence-electron chi connectivity index (χ0n) is 13.8. The second-order valence-corrected chi connectivity index (χ2v) is 6.13. The average molecular weight is 336 g/mol. The fraction of sp³-hybridized carbons (Fsp3) is 0.300. The van der Waals surface area contributed by atoms with Crippen molar-refractivity contribution in [1.29, 1.82) is 0 Å². The first-order valence-corrected chi connectivity index (χ1v) is 8.30. The van der Waals surface area contributed by atoms with Gasteiger partial charge in [-0.25, -0.2) is 9.64 Å². The Morgan fingerprint density at radius 1 is 1.20 bits per heavy atom. The zero-order chi connectivity index (χ0) is 17.6. The minimum Gasteiger partial charge on any atom is -0.445 e. The highest BCUT2D eigenvalue weighted by Crippen LogP contribution is 2.32. The van der Waals surface area contributed by atoms with Crippen molar-refractivity contribution in [2.45, 2.75) is 31.6 Å². The topological polar surface area (TPSA) is 54.1 Å². The fourth-order valence-electron chi connectivity index (χ4n) is 3.05. The summed E-state index contributed by atoms with van der Waals surface area (Å²) in [5.41, 5.74) is 2.40. The van der Waals surface area contributed by atoms with Crippen LogP contribution in [0.2, 0.25) is 0 Å². The molecule has 0 aromatic heterocycles. The molecule has 0 radical (unpaired) electrons. The molecule has 0 aliphatic carbocycles. The van der Waals surface area contributed by atoms with Crippen LogP contribution in [0.4, 0.5) is 10.5 Å². The Hall–Kier alpha value is -2.84. The number of piperidine rings is 1. The van der Waals surface area contributed by atoms with Crippen LogP contribution in [-0.4, -0.2) is 28.7 Å². The van der Waals surface area contributed by atoms with Crippen LogP contribution < -0.4 is 0 Å². The number of aliphatic hydroxyl groups is 1. The Labute approximate surface area is 147 Å². The Morgan fingerprint density at radius 2 is 1.92 bits per heavy atom. The molecule has 2 aromatic rings. The Morgan fingerprint density at radius 3 is 2.60 bits per heavy atom. The monoisotopic (exact) mass is 336 g/mol. The van der Waals surface area contributed by atoms with Crippen molar-refractivity contribution in [2.75, 3.05) is 6.54 Å². The first kappa shape index (κ1) is 17.0. The summed E-state index contributed by atoms with van der Waals surface area (Å²) in [7, 11) is 0. The first-order valence-electron chi connectivity index (χ1n) is 8.30. The molecule has 1 saturated heterocycles. The maximum atomic E-state index is 12.6. The number of carbonyl (C=O) groups excluding carboxylic acids is 1. The molecule has 0 unspecified atom stereocenters. The van der Waals surface area contributed by atoms with Gasteiger partial charge in [0.2, 0.25) is 0 Å². The van der Waals surface area contributed by atoms with Gasteiger partial charge in [-0.2, -0.15) is 0 Å². The molecule has 0 spiro atoms. The summed E-state index contributed by atoms with van der Waals surface area (Å²) in [5, 5.41) is 10.0. The van der Waals surface area contributed by atoms with Crippen LogP contribution in [0.3, 0.4) is 0 Å². The molecule has 5 heteroatoms. The molecule has 1 amide bonds. The maximum absolute atomic E-state index is 12.6. The lowest BCUT2D eigenvalue weighted by molar-refractivity contribution is 0.0259. The van der Waals surface area contributed by atoms with Gasteiger partial charge < -0.3 is 14.7 Å². The van der Waals surface area contributed by atoms with E-state index in [0.29, 0.717) is 25.1 Å². The predicted octanol–water partition coefficient (Wildman–Crippen LogP) is 4.07. The number of rotatable bonds is 3. The molecule has 1 N–H and O–H groups in total. The van der Waals surface area contributed by atoms with E-state index in [-0.39, 0.29) is 18.7 Å². The number of likely N-dealkylation sites (tertiary alicyclic amines) is 1. The van der Waals surface area contributed by atoms with Crippen LogP contribution in [-0.2, 0) is 11.3 Å². The van der Waals surface area contributed by atoms with E-state index >= 15 is 0 Å². The number of benzene rings is 2. The van der Waals surface area contributed by atoms with Gasteiger partial charge in [0, 0.05) is 6.54 Å². The lowest BCUT2D eigenvalue weighted by Crippen LogP contribution is -2.42. The van der Waals surface area contributed by atoms with Crippen LogP contribution in [0.25, 0.3) is 4.85 Å². The van der Waals surface area contributed by atoms with Gasteiger partial charge in [0.25, 0.3) is 0 Å². The van der Waals surface area contributed by atoms with Crippen molar-refractivity contribution in [1.82, 2.24) is 4.90 Å². The maximum Gasteiger partial charge on any atom is 0.410 e. The third-order valence-corrected chi connectivity index (χ3v) is 4.42. The molecule has 2 aromatic carbocycles. The van der Waals surface area contributed by atoms with Crippen molar-refractivity contribution >= 4 is 11.8 Å². The lowest BCUT2D eigenvalue weighted by Gasteiger charge is -2.37. The van der Waals surface area contributed by atoms with Crippen molar-refractivity contribution in [3.63, 3.8) is 0 Å². The van der Waals surface area contributed by atoms with Gasteiger partial charge in [-0.05, 0) is 24.0 Å². The lowest BCUT2D eigenvalue weighted by atomic mass is 9.93. The van der Waals surface area contributed by atoms with Crippen molar-refractivity contribution < 1.29 is 14.6 Å². The molecule has 1 heterocycles. The smallest absolute Gasteiger partial charge is 0.410 e. The van der Waals surface area contributed by atoms with Crippen LogP contribution in [0.15, 0.2) is 54.6 Å². The van der Waals surface area contributed by atoms with Gasteiger partial charge in [-0.3, -0.25) is 0 Å². The minimum absolute atomic E-state index is 0.224. The third-order valence-electron chi connectivity index (χ3n) is 4.42. The molecule has 2 atom stereocenters. The van der Waals surface area contributed by atoms with E-state index in [1.165, 1.54) is 0 Å². The molecule has 1 aliphatic rings. The highest BCUT2D eigenvalue weighted by molar-refractivity contribution is 5.68. The van der Waals surface area contributed by atoms with Gasteiger partial charge in [0.1, 0.15) is 6.61 Å². The summed E-state index contributed by atoms with van der Waals surface area (Å²) < 4.78 is 5.46. The van der Waals surface area contributed by atoms with Gasteiger partial charge in [0.05, 0.1) is 18.7 Å². The standard InChI is InChI=1S/C20H20N2O3/c1-21-17-9-7-16(8-10-17)19-13-18(23)11-12-22(19)20(24)25-14-15-5-3-2-4-6-15/h2-10,18-19,23H,11-14H2/t18-,19-/m0/s1. The summed E-state index contributed by atoms with van der Waals surface area (Å²) in [6.45, 7) is 7.71. The van der Waals surface area contributed by atoms with Gasteiger partial charge in [-0.15, -0.1) is 0 Å². The largest absolute Gasteiger partial charge is 0.445 e. The summed E-state index contributed by atoms with van der Waals surface area (Å²) in [6.07, 6.45) is 0.188. The third kappa shape index (κ3) is 4.17. The molecule has 128 valence electrons. The van der Waals surface area contributed by atoms with Gasteiger partial charge in [-0.1, -0.05) is 54.6 Å². The SMILES string of the molecule is [C-]#[N+]c1ccc([C@@H]2C[C@@H](O)CCN2C(=O)OCc2ccccc2)cc1. The zero-order valence-corrected chi connectivity index (χ0v) is 13.8. The summed E-state index contributed by atoms with van der Waals surface area (Å²) in [5.74, 6) is 0. The summed E-state index contributed by atoms with van der Waals surface area (Å²) in [6, 6.07) is 16.5. The average Bonchev–Trinajstić information content (AvgIpc) is 2.67.